The minimum Gasteiger partial charge on any atom is -0.461 e. The van der Waals surface area contributed by atoms with Gasteiger partial charge in [-0.15, -0.1) is 21.5 Å². The number of aromatic nitrogens is 4. The molecule has 0 aliphatic carbocycles. The number of carbonyl (C=O) groups excluding carboxylic acids is 1. The first-order valence-corrected chi connectivity index (χ1v) is 8.42. The average Bonchev–Trinajstić information content (AvgIpc) is 3.11. The summed E-state index contributed by atoms with van der Waals surface area (Å²) in [6, 6.07) is 0. The molecule has 2 N–H and O–H groups in total. The van der Waals surface area contributed by atoms with Gasteiger partial charge in [-0.05, 0) is 13.8 Å². The molecule has 0 bridgehead atoms. The van der Waals surface area contributed by atoms with Crippen LogP contribution in [0, 0.1) is 0 Å². The van der Waals surface area contributed by atoms with Crippen LogP contribution < -0.4 is 5.73 Å². The summed E-state index contributed by atoms with van der Waals surface area (Å²) >= 11 is 2.82. The Hall–Kier alpha value is -1.45. The van der Waals surface area contributed by atoms with E-state index in [4.69, 9.17) is 10.5 Å². The molecule has 0 spiro atoms. The molecular formula is C12H17N5O2S2. The third-order valence-electron chi connectivity index (χ3n) is 2.64. The van der Waals surface area contributed by atoms with Crippen LogP contribution in [0.5, 0.6) is 0 Å². The monoisotopic (exact) mass is 327 g/mol. The lowest BCUT2D eigenvalue weighted by molar-refractivity contribution is 0.0525. The van der Waals surface area contributed by atoms with E-state index in [0.29, 0.717) is 23.9 Å². The Kier molecular flexibility index (Phi) is 5.71. The highest BCUT2D eigenvalue weighted by Crippen LogP contribution is 2.23. The van der Waals surface area contributed by atoms with Crippen molar-refractivity contribution in [3.8, 4) is 0 Å². The summed E-state index contributed by atoms with van der Waals surface area (Å²) in [5.41, 5.74) is 6.44. The number of ether oxygens (including phenoxy) is 1. The van der Waals surface area contributed by atoms with Gasteiger partial charge in [0.2, 0.25) is 5.01 Å². The second-order valence-electron chi connectivity index (χ2n) is 4.00. The third-order valence-corrected chi connectivity index (χ3v) is 4.51. The van der Waals surface area contributed by atoms with E-state index in [0.717, 1.165) is 23.2 Å². The van der Waals surface area contributed by atoms with E-state index in [1.54, 1.807) is 6.92 Å². The Morgan fingerprint density at radius 3 is 2.95 bits per heavy atom. The third kappa shape index (κ3) is 3.80. The Bertz CT molecular complexity index is 611. The summed E-state index contributed by atoms with van der Waals surface area (Å²) < 4.78 is 6.90. The predicted molar refractivity (Wildman–Crippen MR) is 81.2 cm³/mol. The molecule has 0 amide bonds. The molecule has 114 valence electrons. The van der Waals surface area contributed by atoms with Gasteiger partial charge in [0, 0.05) is 17.7 Å². The van der Waals surface area contributed by atoms with Crippen molar-refractivity contribution in [3.05, 3.63) is 21.9 Å². The molecule has 0 aliphatic heterocycles. The molecule has 0 aromatic carbocycles. The van der Waals surface area contributed by atoms with E-state index in [-0.39, 0.29) is 5.97 Å². The molecule has 21 heavy (non-hydrogen) atoms. The number of carbonyl (C=O) groups is 1. The van der Waals surface area contributed by atoms with Crippen molar-refractivity contribution in [1.82, 2.24) is 19.7 Å². The zero-order chi connectivity index (χ0) is 15.2. The second-order valence-corrected chi connectivity index (χ2v) is 5.80. The molecule has 0 radical (unpaired) electrons. The van der Waals surface area contributed by atoms with E-state index in [1.165, 1.54) is 23.1 Å². The maximum Gasteiger partial charge on any atom is 0.367 e. The van der Waals surface area contributed by atoms with Crippen molar-refractivity contribution in [2.24, 2.45) is 5.73 Å². The molecular weight excluding hydrogens is 310 g/mol. The van der Waals surface area contributed by atoms with Gasteiger partial charge in [0.25, 0.3) is 0 Å². The molecule has 2 aromatic heterocycles. The summed E-state index contributed by atoms with van der Waals surface area (Å²) in [6.07, 6.45) is 0. The van der Waals surface area contributed by atoms with Gasteiger partial charge >= 0.3 is 5.97 Å². The minimum absolute atomic E-state index is 0.351. The molecule has 7 nitrogen and oxygen atoms in total. The number of thiazole rings is 1. The van der Waals surface area contributed by atoms with Crippen LogP contribution in [0.1, 0.15) is 35.2 Å². The fraction of sp³-hybridized carbons (Fsp3) is 0.500. The van der Waals surface area contributed by atoms with E-state index < -0.39 is 0 Å². The van der Waals surface area contributed by atoms with Crippen molar-refractivity contribution < 1.29 is 9.53 Å². The van der Waals surface area contributed by atoms with Gasteiger partial charge in [-0.2, -0.15) is 0 Å². The number of hydrogen-bond acceptors (Lipinski definition) is 8. The van der Waals surface area contributed by atoms with Crippen molar-refractivity contribution in [3.63, 3.8) is 0 Å². The molecule has 0 saturated heterocycles. The lowest BCUT2D eigenvalue weighted by Crippen LogP contribution is -2.08. The van der Waals surface area contributed by atoms with Gasteiger partial charge in [0.1, 0.15) is 5.82 Å². The molecule has 2 heterocycles. The molecule has 0 aliphatic rings. The van der Waals surface area contributed by atoms with Crippen molar-refractivity contribution in [2.75, 3.05) is 6.61 Å². The zero-order valence-electron chi connectivity index (χ0n) is 11.9. The summed E-state index contributed by atoms with van der Waals surface area (Å²) in [5.74, 6) is 1.02. The number of hydrogen-bond donors (Lipinski definition) is 1. The van der Waals surface area contributed by atoms with Crippen LogP contribution in [0.15, 0.2) is 10.5 Å². The smallest absolute Gasteiger partial charge is 0.367 e. The summed E-state index contributed by atoms with van der Waals surface area (Å²) in [5, 5.41) is 11.2. The molecule has 0 atom stereocenters. The Morgan fingerprint density at radius 1 is 1.48 bits per heavy atom. The maximum absolute atomic E-state index is 11.6. The van der Waals surface area contributed by atoms with E-state index >= 15 is 0 Å². The highest BCUT2D eigenvalue weighted by molar-refractivity contribution is 7.98. The number of thioether (sulfide) groups is 1. The van der Waals surface area contributed by atoms with Gasteiger partial charge in [-0.1, -0.05) is 11.8 Å². The quantitative estimate of drug-likeness (QED) is 0.610. The standard InChI is InChI=1S/C12H17N5O2S2/c1-3-17-9(5-13)15-16-12(17)21-7-8-6-20-10(14-8)11(18)19-4-2/h6H,3-5,7,13H2,1-2H3. The van der Waals surface area contributed by atoms with Gasteiger partial charge in [0.05, 0.1) is 18.8 Å². The van der Waals surface area contributed by atoms with Crippen LogP contribution in [0.25, 0.3) is 0 Å². The van der Waals surface area contributed by atoms with Crippen molar-refractivity contribution in [1.29, 1.82) is 0 Å². The first-order chi connectivity index (χ1) is 10.2. The molecule has 0 saturated carbocycles. The predicted octanol–water partition coefficient (Wildman–Crippen LogP) is 1.68. The van der Waals surface area contributed by atoms with Crippen LogP contribution in [-0.4, -0.2) is 32.3 Å². The topological polar surface area (TPSA) is 95.9 Å². The maximum atomic E-state index is 11.6. The average molecular weight is 327 g/mol. The molecule has 2 aromatic rings. The zero-order valence-corrected chi connectivity index (χ0v) is 13.5. The van der Waals surface area contributed by atoms with E-state index in [2.05, 4.69) is 15.2 Å². The lowest BCUT2D eigenvalue weighted by Gasteiger charge is -2.04. The Balaban J connectivity index is 2.00. The minimum atomic E-state index is -0.374. The van der Waals surface area contributed by atoms with Crippen LogP contribution in [0.4, 0.5) is 0 Å². The molecule has 0 unspecified atom stereocenters. The fourth-order valence-electron chi connectivity index (χ4n) is 1.69. The number of nitrogens with zero attached hydrogens (tertiary/aromatic N) is 4. The number of rotatable bonds is 7. The van der Waals surface area contributed by atoms with Crippen LogP contribution >= 0.6 is 23.1 Å². The lowest BCUT2D eigenvalue weighted by atomic mass is 10.6. The Morgan fingerprint density at radius 2 is 2.29 bits per heavy atom. The SMILES string of the molecule is CCOC(=O)c1nc(CSc2nnc(CN)n2CC)cs1. The van der Waals surface area contributed by atoms with E-state index in [9.17, 15) is 4.79 Å². The summed E-state index contributed by atoms with van der Waals surface area (Å²) in [6.45, 7) is 5.28. The normalized spacial score (nSPS) is 10.8. The Labute approximate surface area is 130 Å². The first-order valence-electron chi connectivity index (χ1n) is 6.56. The highest BCUT2D eigenvalue weighted by Gasteiger charge is 2.14. The van der Waals surface area contributed by atoms with Crippen molar-refractivity contribution >= 4 is 29.1 Å². The van der Waals surface area contributed by atoms with Gasteiger partial charge in [-0.3, -0.25) is 0 Å². The van der Waals surface area contributed by atoms with Gasteiger partial charge in [-0.25, -0.2) is 9.78 Å². The number of esters is 1. The number of nitrogens with two attached hydrogens (primary N) is 1. The van der Waals surface area contributed by atoms with Gasteiger partial charge in [0.15, 0.2) is 5.16 Å². The van der Waals surface area contributed by atoms with Crippen LogP contribution in [-0.2, 0) is 23.6 Å². The fourth-order valence-corrected chi connectivity index (χ4v) is 3.42. The highest BCUT2D eigenvalue weighted by atomic mass is 32.2. The summed E-state index contributed by atoms with van der Waals surface area (Å²) in [7, 11) is 0. The van der Waals surface area contributed by atoms with Gasteiger partial charge < -0.3 is 15.0 Å². The van der Waals surface area contributed by atoms with Crippen LogP contribution in [0.3, 0.4) is 0 Å². The molecule has 0 fully saturated rings. The van der Waals surface area contributed by atoms with E-state index in [1.807, 2.05) is 16.9 Å². The molecule has 2 rings (SSSR count). The summed E-state index contributed by atoms with van der Waals surface area (Å²) in [4.78, 5) is 15.8. The largest absolute Gasteiger partial charge is 0.461 e. The molecule has 9 heteroatoms. The first kappa shape index (κ1) is 15.9. The van der Waals surface area contributed by atoms with Crippen LogP contribution in [0.2, 0.25) is 0 Å². The second kappa shape index (κ2) is 7.53. The van der Waals surface area contributed by atoms with Crippen molar-refractivity contribution in [2.45, 2.75) is 37.8 Å².